The molecule has 0 spiro atoms. The second kappa shape index (κ2) is 3.88. The summed E-state index contributed by atoms with van der Waals surface area (Å²) in [4.78, 5) is 11.1. The van der Waals surface area contributed by atoms with Crippen molar-refractivity contribution in [1.82, 2.24) is 5.32 Å². The molecular formula is C10H10ClNO2. The van der Waals surface area contributed by atoms with Gasteiger partial charge in [0.05, 0.1) is 6.04 Å². The van der Waals surface area contributed by atoms with Crippen molar-refractivity contribution in [3.05, 3.63) is 29.8 Å². The monoisotopic (exact) mass is 211 g/mol. The van der Waals surface area contributed by atoms with Crippen LogP contribution in [-0.4, -0.2) is 18.4 Å². The van der Waals surface area contributed by atoms with Crippen molar-refractivity contribution in [2.24, 2.45) is 0 Å². The third-order valence-corrected chi connectivity index (χ3v) is 2.40. The van der Waals surface area contributed by atoms with Crippen LogP contribution < -0.4 is 10.1 Å². The summed E-state index contributed by atoms with van der Waals surface area (Å²) < 4.78 is 5.40. The van der Waals surface area contributed by atoms with Crippen LogP contribution in [0.1, 0.15) is 11.6 Å². The van der Waals surface area contributed by atoms with Crippen molar-refractivity contribution in [1.29, 1.82) is 0 Å². The molecule has 0 saturated heterocycles. The average Bonchev–Trinajstić information content (AvgIpc) is 2.62. The second-order valence-electron chi connectivity index (χ2n) is 3.10. The van der Waals surface area contributed by atoms with Crippen LogP contribution in [0.2, 0.25) is 0 Å². The Morgan fingerprint density at radius 1 is 1.57 bits per heavy atom. The largest absolute Gasteiger partial charge is 0.491 e. The number of hydrogen-bond donors (Lipinski definition) is 1. The van der Waals surface area contributed by atoms with Gasteiger partial charge in [-0.1, -0.05) is 18.2 Å². The molecule has 0 bridgehead atoms. The molecule has 0 aromatic heterocycles. The molecule has 1 aromatic carbocycles. The molecule has 0 saturated carbocycles. The van der Waals surface area contributed by atoms with Crippen molar-refractivity contribution in [3.8, 4) is 5.75 Å². The summed E-state index contributed by atoms with van der Waals surface area (Å²) in [6, 6.07) is 7.61. The zero-order valence-corrected chi connectivity index (χ0v) is 8.25. The van der Waals surface area contributed by atoms with Gasteiger partial charge in [0.25, 0.3) is 0 Å². The Hall–Kier alpha value is -1.22. The Balaban J connectivity index is 2.14. The second-order valence-corrected chi connectivity index (χ2v) is 3.37. The highest BCUT2D eigenvalue weighted by Gasteiger charge is 2.24. The van der Waals surface area contributed by atoms with Gasteiger partial charge in [0, 0.05) is 5.56 Å². The standard InChI is InChI=1S/C10H10ClNO2/c11-5-10(13)12-8-6-14-9-4-2-1-3-7(8)9/h1-4,8H,5-6H2,(H,12,13). The van der Waals surface area contributed by atoms with E-state index in [0.29, 0.717) is 6.61 Å². The van der Waals surface area contributed by atoms with Crippen LogP contribution in [0.25, 0.3) is 0 Å². The van der Waals surface area contributed by atoms with Gasteiger partial charge in [0.2, 0.25) is 5.91 Å². The highest BCUT2D eigenvalue weighted by molar-refractivity contribution is 6.27. The first-order chi connectivity index (χ1) is 6.81. The number of hydrogen-bond acceptors (Lipinski definition) is 2. The van der Waals surface area contributed by atoms with E-state index < -0.39 is 0 Å². The number of carbonyl (C=O) groups is 1. The Morgan fingerprint density at radius 2 is 2.36 bits per heavy atom. The summed E-state index contributed by atoms with van der Waals surface area (Å²) in [5, 5.41) is 2.79. The van der Waals surface area contributed by atoms with Crippen molar-refractivity contribution in [2.45, 2.75) is 6.04 Å². The molecule has 1 unspecified atom stereocenters. The molecule has 1 heterocycles. The molecule has 1 aromatic rings. The van der Waals surface area contributed by atoms with Gasteiger partial charge in [-0.2, -0.15) is 0 Å². The molecule has 0 aliphatic carbocycles. The molecule has 1 N–H and O–H groups in total. The van der Waals surface area contributed by atoms with Crippen molar-refractivity contribution < 1.29 is 9.53 Å². The van der Waals surface area contributed by atoms with Gasteiger partial charge in [-0.15, -0.1) is 11.6 Å². The molecule has 3 nitrogen and oxygen atoms in total. The van der Waals surface area contributed by atoms with Gasteiger partial charge in [0.1, 0.15) is 18.2 Å². The van der Waals surface area contributed by atoms with Gasteiger partial charge in [-0.05, 0) is 6.07 Å². The van der Waals surface area contributed by atoms with E-state index in [1.165, 1.54) is 0 Å². The highest BCUT2D eigenvalue weighted by atomic mass is 35.5. The zero-order valence-electron chi connectivity index (χ0n) is 7.50. The number of amides is 1. The predicted octanol–water partition coefficient (Wildman–Crippen LogP) is 1.48. The number of nitrogens with one attached hydrogen (secondary N) is 1. The fourth-order valence-corrected chi connectivity index (χ4v) is 1.59. The summed E-state index contributed by atoms with van der Waals surface area (Å²) in [5.74, 6) is 0.655. The lowest BCUT2D eigenvalue weighted by atomic mass is 10.1. The number of alkyl halides is 1. The van der Waals surface area contributed by atoms with E-state index in [-0.39, 0.29) is 17.8 Å². The first-order valence-electron chi connectivity index (χ1n) is 4.38. The van der Waals surface area contributed by atoms with Crippen LogP contribution in [0.4, 0.5) is 0 Å². The summed E-state index contributed by atoms with van der Waals surface area (Å²) >= 11 is 5.40. The number of ether oxygens (including phenoxy) is 1. The quantitative estimate of drug-likeness (QED) is 0.753. The van der Waals surface area contributed by atoms with Crippen LogP contribution in [0, 0.1) is 0 Å². The SMILES string of the molecule is O=C(CCl)NC1COc2ccccc21. The summed E-state index contributed by atoms with van der Waals surface area (Å²) in [6.45, 7) is 0.488. The van der Waals surface area contributed by atoms with Crippen LogP contribution in [-0.2, 0) is 4.79 Å². The molecule has 1 atom stereocenters. The Bertz CT molecular complexity index is 354. The summed E-state index contributed by atoms with van der Waals surface area (Å²) in [7, 11) is 0. The molecule has 0 radical (unpaired) electrons. The Morgan fingerprint density at radius 3 is 3.14 bits per heavy atom. The third-order valence-electron chi connectivity index (χ3n) is 2.16. The maximum atomic E-state index is 11.1. The number of halogens is 1. The van der Waals surface area contributed by atoms with Gasteiger partial charge < -0.3 is 10.1 Å². The van der Waals surface area contributed by atoms with E-state index in [1.807, 2.05) is 24.3 Å². The smallest absolute Gasteiger partial charge is 0.235 e. The Kier molecular flexibility index (Phi) is 2.59. The minimum atomic E-state index is -0.169. The lowest BCUT2D eigenvalue weighted by Crippen LogP contribution is -2.30. The molecule has 4 heteroatoms. The molecular weight excluding hydrogens is 202 g/mol. The van der Waals surface area contributed by atoms with Gasteiger partial charge in [-0.3, -0.25) is 4.79 Å². The molecule has 1 amide bonds. The molecule has 74 valence electrons. The average molecular weight is 212 g/mol. The van der Waals surface area contributed by atoms with Gasteiger partial charge in [-0.25, -0.2) is 0 Å². The summed E-state index contributed by atoms with van der Waals surface area (Å²) in [6.07, 6.45) is 0. The van der Waals surface area contributed by atoms with E-state index in [1.54, 1.807) is 0 Å². The fraction of sp³-hybridized carbons (Fsp3) is 0.300. The van der Waals surface area contributed by atoms with Gasteiger partial charge in [0.15, 0.2) is 0 Å². The normalized spacial score (nSPS) is 18.5. The molecule has 2 rings (SSSR count). The molecule has 1 aliphatic rings. The van der Waals surface area contributed by atoms with E-state index >= 15 is 0 Å². The van der Waals surface area contributed by atoms with Crippen LogP contribution in [0.3, 0.4) is 0 Å². The van der Waals surface area contributed by atoms with E-state index in [9.17, 15) is 4.79 Å². The zero-order chi connectivity index (χ0) is 9.97. The molecule has 1 aliphatic heterocycles. The Labute approximate surface area is 87.0 Å². The van der Waals surface area contributed by atoms with Crippen molar-refractivity contribution in [3.63, 3.8) is 0 Å². The van der Waals surface area contributed by atoms with Crippen LogP contribution >= 0.6 is 11.6 Å². The van der Waals surface area contributed by atoms with Crippen molar-refractivity contribution >= 4 is 17.5 Å². The maximum Gasteiger partial charge on any atom is 0.235 e. The van der Waals surface area contributed by atoms with E-state index in [0.717, 1.165) is 11.3 Å². The van der Waals surface area contributed by atoms with E-state index in [4.69, 9.17) is 16.3 Å². The maximum absolute atomic E-state index is 11.1. The summed E-state index contributed by atoms with van der Waals surface area (Å²) in [5.41, 5.74) is 1.02. The van der Waals surface area contributed by atoms with Crippen LogP contribution in [0.5, 0.6) is 5.75 Å². The van der Waals surface area contributed by atoms with E-state index in [2.05, 4.69) is 5.32 Å². The number of fused-ring (bicyclic) bond motifs is 1. The minimum absolute atomic E-state index is 0.0152. The number of rotatable bonds is 2. The third kappa shape index (κ3) is 1.68. The lowest BCUT2D eigenvalue weighted by molar-refractivity contribution is -0.119. The number of para-hydroxylation sites is 1. The highest BCUT2D eigenvalue weighted by Crippen LogP contribution is 2.31. The van der Waals surface area contributed by atoms with Gasteiger partial charge >= 0.3 is 0 Å². The predicted molar refractivity (Wildman–Crippen MR) is 53.5 cm³/mol. The molecule has 14 heavy (non-hydrogen) atoms. The fourth-order valence-electron chi connectivity index (χ4n) is 1.52. The van der Waals surface area contributed by atoms with Crippen molar-refractivity contribution in [2.75, 3.05) is 12.5 Å². The lowest BCUT2D eigenvalue weighted by Gasteiger charge is -2.09. The first kappa shape index (κ1) is 9.34. The number of carbonyl (C=O) groups excluding carboxylic acids is 1. The molecule has 0 fully saturated rings. The topological polar surface area (TPSA) is 38.3 Å². The minimum Gasteiger partial charge on any atom is -0.491 e. The first-order valence-corrected chi connectivity index (χ1v) is 4.92. The van der Waals surface area contributed by atoms with Crippen LogP contribution in [0.15, 0.2) is 24.3 Å². The number of benzene rings is 1.